The van der Waals surface area contributed by atoms with Crippen molar-refractivity contribution < 1.29 is 9.31 Å². The molecular formula is C23H14FN3O2S. The van der Waals surface area contributed by atoms with E-state index in [2.05, 4.69) is 29.3 Å². The first-order chi connectivity index (χ1) is 14.5. The van der Waals surface area contributed by atoms with Crippen molar-refractivity contribution >= 4 is 27.8 Å². The van der Waals surface area contributed by atoms with Crippen LogP contribution in [-0.2, 0) is 5.41 Å². The van der Waals surface area contributed by atoms with Gasteiger partial charge in [-0.2, -0.15) is 0 Å². The molecule has 5 nitrogen and oxygen atoms in total. The molecule has 2 heterocycles. The van der Waals surface area contributed by atoms with E-state index >= 15 is 0 Å². The summed E-state index contributed by atoms with van der Waals surface area (Å²) in [4.78, 5) is 19.9. The van der Waals surface area contributed by atoms with Crippen molar-refractivity contribution in [2.45, 2.75) is 5.41 Å². The van der Waals surface area contributed by atoms with Gasteiger partial charge in [-0.05, 0) is 35.4 Å². The zero-order valence-corrected chi connectivity index (χ0v) is 16.3. The fraction of sp³-hybridized carbons (Fsp3) is 0.0435. The lowest BCUT2D eigenvalue weighted by Gasteiger charge is -2.15. The molecule has 0 aliphatic heterocycles. The Balaban J connectivity index is 1.50. The maximum Gasteiger partial charge on any atom is 0.235 e. The molecule has 30 heavy (non-hydrogen) atoms. The first-order valence-corrected chi connectivity index (χ1v) is 10.0. The van der Waals surface area contributed by atoms with Gasteiger partial charge < -0.3 is 0 Å². The second-order valence-electron chi connectivity index (χ2n) is 6.95. The molecule has 1 aliphatic rings. The monoisotopic (exact) mass is 415 g/mol. The van der Waals surface area contributed by atoms with Gasteiger partial charge in [0.05, 0.1) is 16.0 Å². The molecule has 0 fully saturated rings. The van der Waals surface area contributed by atoms with E-state index < -0.39 is 10.7 Å². The summed E-state index contributed by atoms with van der Waals surface area (Å²) in [5, 5.41) is 11.0. The summed E-state index contributed by atoms with van der Waals surface area (Å²) in [5.74, 6) is -0.482. The summed E-state index contributed by atoms with van der Waals surface area (Å²) < 4.78 is 14.6. The number of thiazole rings is 1. The summed E-state index contributed by atoms with van der Waals surface area (Å²) in [6.07, 6.45) is 6.28. The maximum absolute atomic E-state index is 14.6. The molecule has 146 valence electrons. The van der Waals surface area contributed by atoms with Gasteiger partial charge in [-0.1, -0.05) is 59.9 Å². The summed E-state index contributed by atoms with van der Waals surface area (Å²) >= 11 is 1.33. The van der Waals surface area contributed by atoms with Crippen molar-refractivity contribution in [3.05, 3.63) is 112 Å². The molecule has 0 radical (unpaired) electrons. The highest BCUT2D eigenvalue weighted by molar-refractivity contribution is 7.21. The van der Waals surface area contributed by atoms with Crippen LogP contribution in [0.4, 0.5) is 4.39 Å². The zero-order valence-electron chi connectivity index (χ0n) is 15.5. The van der Waals surface area contributed by atoms with E-state index in [1.54, 1.807) is 12.1 Å². The molecule has 0 spiro atoms. The first kappa shape index (κ1) is 18.3. The summed E-state index contributed by atoms with van der Waals surface area (Å²) in [5.41, 5.74) is 3.26. The van der Waals surface area contributed by atoms with Crippen molar-refractivity contribution in [3.8, 4) is 10.6 Å². The van der Waals surface area contributed by atoms with Crippen molar-refractivity contribution in [3.63, 3.8) is 0 Å². The average molecular weight is 415 g/mol. The molecule has 4 aromatic rings. The third-order valence-electron chi connectivity index (χ3n) is 5.04. The van der Waals surface area contributed by atoms with Gasteiger partial charge in [0.25, 0.3) is 0 Å². The van der Waals surface area contributed by atoms with Gasteiger partial charge in [0.15, 0.2) is 0 Å². The number of hydrogen-bond donors (Lipinski definition) is 0. The van der Waals surface area contributed by atoms with Crippen LogP contribution >= 0.6 is 11.3 Å². The van der Waals surface area contributed by atoms with Crippen molar-refractivity contribution in [2.24, 2.45) is 0 Å². The van der Waals surface area contributed by atoms with Crippen LogP contribution in [0.1, 0.15) is 16.8 Å². The quantitative estimate of drug-likeness (QED) is 0.242. The second-order valence-corrected chi connectivity index (χ2v) is 7.93. The zero-order chi connectivity index (χ0) is 20.7. The predicted octanol–water partition coefficient (Wildman–Crippen LogP) is 5.60. The van der Waals surface area contributed by atoms with Crippen molar-refractivity contribution in [1.82, 2.24) is 9.97 Å². The standard InChI is InChI=1S/C23H14FN3O2S/c24-18-14-15(10-13-27(28)29)6-7-17(18)21-25-19-8-9-20(26-22(19)30-21)23(11-12-23)16-4-2-1-3-5-16/h1-14H. The van der Waals surface area contributed by atoms with Gasteiger partial charge >= 0.3 is 0 Å². The molecular weight excluding hydrogens is 401 g/mol. The number of halogens is 1. The van der Waals surface area contributed by atoms with E-state index in [1.165, 1.54) is 23.5 Å². The third kappa shape index (κ3) is 3.19. The van der Waals surface area contributed by atoms with Gasteiger partial charge in [-0.3, -0.25) is 10.1 Å². The van der Waals surface area contributed by atoms with Gasteiger partial charge in [0.2, 0.25) is 6.20 Å². The van der Waals surface area contributed by atoms with Crippen LogP contribution < -0.4 is 0 Å². The Morgan fingerprint density at radius 1 is 1.03 bits per heavy atom. The van der Waals surface area contributed by atoms with Crippen LogP contribution in [0.15, 0.2) is 79.0 Å². The Morgan fingerprint density at radius 3 is 2.53 bits per heavy atom. The normalized spacial score (nSPS) is 14.4. The van der Waals surface area contributed by atoms with Crippen LogP contribution in [-0.4, -0.2) is 14.9 Å². The second kappa shape index (κ2) is 6.96. The van der Waals surface area contributed by atoms with Gasteiger partial charge in [0, 0.05) is 11.6 Å². The molecule has 0 N–H and O–H groups in total. The van der Waals surface area contributed by atoms with Crippen molar-refractivity contribution in [2.75, 3.05) is 0 Å². The Kier molecular flexibility index (Phi) is 4.25. The third-order valence-corrected chi connectivity index (χ3v) is 6.04. The predicted molar refractivity (Wildman–Crippen MR) is 115 cm³/mol. The highest BCUT2D eigenvalue weighted by Crippen LogP contribution is 2.45. The van der Waals surface area contributed by atoms with E-state index in [-0.39, 0.29) is 5.41 Å². The number of nitrogens with zero attached hydrogens (tertiary/aromatic N) is 3. The molecule has 5 rings (SSSR count). The van der Waals surface area contributed by atoms with Crippen LogP contribution in [0.5, 0.6) is 0 Å². The van der Waals surface area contributed by atoms with Gasteiger partial charge in [0.1, 0.15) is 21.2 Å². The number of hydrogen-bond acceptors (Lipinski definition) is 5. The van der Waals surface area contributed by atoms with Crippen LogP contribution in [0.25, 0.3) is 27.0 Å². The van der Waals surface area contributed by atoms with E-state index in [0.717, 1.165) is 22.3 Å². The lowest BCUT2D eigenvalue weighted by atomic mass is 9.89. The minimum absolute atomic E-state index is 0.282. The Morgan fingerprint density at radius 2 is 1.83 bits per heavy atom. The molecule has 0 unspecified atom stereocenters. The highest BCUT2D eigenvalue weighted by Gasteiger charge is 2.39. The molecule has 2 aromatic carbocycles. The summed E-state index contributed by atoms with van der Waals surface area (Å²) in [6.45, 7) is 0. The molecule has 0 amide bonds. The largest absolute Gasteiger partial charge is 0.259 e. The maximum atomic E-state index is 14.6. The lowest BCUT2D eigenvalue weighted by molar-refractivity contribution is -0.400. The van der Waals surface area contributed by atoms with Crippen LogP contribution in [0.3, 0.4) is 0 Å². The van der Waals surface area contributed by atoms with Crippen LogP contribution in [0, 0.1) is 15.9 Å². The minimum Gasteiger partial charge on any atom is -0.259 e. The van der Waals surface area contributed by atoms with E-state index in [9.17, 15) is 14.5 Å². The number of allylic oxidation sites excluding steroid dienone is 2. The van der Waals surface area contributed by atoms with Gasteiger partial charge in [-0.15, -0.1) is 0 Å². The van der Waals surface area contributed by atoms with E-state index in [4.69, 9.17) is 4.98 Å². The number of aromatic nitrogens is 2. The smallest absolute Gasteiger partial charge is 0.235 e. The molecule has 0 saturated carbocycles. The SMILES string of the molecule is O=[N+]([O-])C=Cc1ccc(-c2nc3ccc(C4(c5ccccc5)C=C4)nc3s2)c(F)c1. The highest BCUT2D eigenvalue weighted by atomic mass is 32.1. The Labute approximate surface area is 175 Å². The van der Waals surface area contributed by atoms with Crippen LogP contribution in [0.2, 0.25) is 0 Å². The molecule has 7 heteroatoms. The van der Waals surface area contributed by atoms with Gasteiger partial charge in [-0.25, -0.2) is 14.4 Å². The lowest BCUT2D eigenvalue weighted by Crippen LogP contribution is -2.12. The molecule has 0 bridgehead atoms. The van der Waals surface area contributed by atoms with Crippen molar-refractivity contribution in [1.29, 1.82) is 0 Å². The first-order valence-electron chi connectivity index (χ1n) is 9.21. The minimum atomic E-state index is -0.584. The van der Waals surface area contributed by atoms with E-state index in [0.29, 0.717) is 21.7 Å². The topological polar surface area (TPSA) is 68.9 Å². The number of nitro groups is 1. The van der Waals surface area contributed by atoms with E-state index in [1.807, 2.05) is 30.3 Å². The summed E-state index contributed by atoms with van der Waals surface area (Å²) in [7, 11) is 0. The molecule has 2 aromatic heterocycles. The number of pyridine rings is 1. The number of rotatable bonds is 5. The Bertz CT molecular complexity index is 1340. The Hall–Kier alpha value is -3.71. The fourth-order valence-corrected chi connectivity index (χ4v) is 4.39. The molecule has 0 atom stereocenters. The fourth-order valence-electron chi connectivity index (χ4n) is 3.43. The molecule has 1 aliphatic carbocycles. The summed E-state index contributed by atoms with van der Waals surface area (Å²) in [6, 6.07) is 18.5. The average Bonchev–Trinajstić information content (AvgIpc) is 3.46. The number of fused-ring (bicyclic) bond motifs is 1. The number of benzene rings is 2. The molecule has 0 saturated heterocycles.